The maximum Gasteiger partial charge on any atom is 0.0863 e. The number of aromatic nitrogens is 3. The van der Waals surface area contributed by atoms with Gasteiger partial charge in [0.1, 0.15) is 0 Å². The summed E-state index contributed by atoms with van der Waals surface area (Å²) in [5, 5.41) is 15.1. The smallest absolute Gasteiger partial charge is 0.0863 e. The molecule has 0 aliphatic heterocycles. The lowest BCUT2D eigenvalue weighted by Crippen LogP contribution is -2.08. The number of pyridine rings is 1. The molecule has 0 saturated heterocycles. The zero-order valence-electron chi connectivity index (χ0n) is 12.8. The van der Waals surface area contributed by atoms with E-state index in [2.05, 4.69) is 21.0 Å². The SMILES string of the molecule is Cc1ccc(C(O)Cc2ccn(C3CCCC3)n2)c(C)n1. The molecular weight excluding hydrogens is 262 g/mol. The Labute approximate surface area is 125 Å². The molecule has 0 aromatic carbocycles. The second-order valence-corrected chi connectivity index (χ2v) is 6.07. The van der Waals surface area contributed by atoms with Gasteiger partial charge in [-0.25, -0.2) is 0 Å². The van der Waals surface area contributed by atoms with Crippen molar-refractivity contribution in [2.45, 2.75) is 58.1 Å². The van der Waals surface area contributed by atoms with Gasteiger partial charge in [-0.3, -0.25) is 9.67 Å². The Kier molecular flexibility index (Phi) is 4.06. The first-order valence-corrected chi connectivity index (χ1v) is 7.80. The molecule has 1 fully saturated rings. The highest BCUT2D eigenvalue weighted by molar-refractivity contribution is 5.25. The molecule has 1 unspecified atom stereocenters. The third kappa shape index (κ3) is 3.16. The highest BCUT2D eigenvalue weighted by Gasteiger charge is 2.19. The largest absolute Gasteiger partial charge is 0.388 e. The van der Waals surface area contributed by atoms with Gasteiger partial charge in [-0.05, 0) is 38.8 Å². The van der Waals surface area contributed by atoms with Gasteiger partial charge in [0.2, 0.25) is 0 Å². The summed E-state index contributed by atoms with van der Waals surface area (Å²) in [7, 11) is 0. The number of aliphatic hydroxyl groups is 1. The van der Waals surface area contributed by atoms with Crippen molar-refractivity contribution in [3.8, 4) is 0 Å². The van der Waals surface area contributed by atoms with Gasteiger partial charge in [0.25, 0.3) is 0 Å². The van der Waals surface area contributed by atoms with Crippen LogP contribution in [0.1, 0.15) is 60.5 Å². The van der Waals surface area contributed by atoms with Crippen LogP contribution in [0, 0.1) is 13.8 Å². The van der Waals surface area contributed by atoms with E-state index in [4.69, 9.17) is 0 Å². The molecule has 3 rings (SSSR count). The van der Waals surface area contributed by atoms with Crippen molar-refractivity contribution in [2.75, 3.05) is 0 Å². The summed E-state index contributed by atoms with van der Waals surface area (Å²) >= 11 is 0. The second-order valence-electron chi connectivity index (χ2n) is 6.07. The molecular formula is C17H23N3O. The monoisotopic (exact) mass is 285 g/mol. The van der Waals surface area contributed by atoms with Crippen LogP contribution in [0.5, 0.6) is 0 Å². The Balaban J connectivity index is 1.70. The summed E-state index contributed by atoms with van der Waals surface area (Å²) in [6, 6.07) is 6.50. The van der Waals surface area contributed by atoms with Gasteiger partial charge in [0, 0.05) is 29.6 Å². The first-order valence-electron chi connectivity index (χ1n) is 7.80. The van der Waals surface area contributed by atoms with Crippen LogP contribution in [0.3, 0.4) is 0 Å². The van der Waals surface area contributed by atoms with Gasteiger partial charge >= 0.3 is 0 Å². The van der Waals surface area contributed by atoms with Gasteiger partial charge in [0.15, 0.2) is 0 Å². The third-order valence-corrected chi connectivity index (χ3v) is 4.39. The van der Waals surface area contributed by atoms with Crippen LogP contribution in [0.15, 0.2) is 24.4 Å². The zero-order valence-corrected chi connectivity index (χ0v) is 12.8. The molecule has 2 heterocycles. The van der Waals surface area contributed by atoms with Crippen LogP contribution in [-0.4, -0.2) is 19.9 Å². The molecule has 0 bridgehead atoms. The van der Waals surface area contributed by atoms with Crippen molar-refractivity contribution >= 4 is 0 Å². The van der Waals surface area contributed by atoms with E-state index in [0.717, 1.165) is 22.6 Å². The minimum Gasteiger partial charge on any atom is -0.388 e. The standard InChI is InChI=1S/C17H23N3O/c1-12-7-8-16(13(2)18-12)17(21)11-14-9-10-20(19-14)15-5-3-4-6-15/h7-10,15,17,21H,3-6,11H2,1-2H3. The lowest BCUT2D eigenvalue weighted by Gasteiger charge is -2.13. The van der Waals surface area contributed by atoms with E-state index >= 15 is 0 Å². The number of hydrogen-bond acceptors (Lipinski definition) is 3. The van der Waals surface area contributed by atoms with Crippen LogP contribution in [0.2, 0.25) is 0 Å². The Bertz CT molecular complexity index is 614. The molecule has 1 aliphatic carbocycles. The lowest BCUT2D eigenvalue weighted by atomic mass is 10.0. The molecule has 2 aromatic heterocycles. The molecule has 21 heavy (non-hydrogen) atoms. The van der Waals surface area contributed by atoms with Gasteiger partial charge in [-0.15, -0.1) is 0 Å². The molecule has 2 aromatic rings. The van der Waals surface area contributed by atoms with E-state index in [1.807, 2.05) is 32.0 Å². The minimum absolute atomic E-state index is 0.537. The highest BCUT2D eigenvalue weighted by atomic mass is 16.3. The predicted octanol–water partition coefficient (Wildman–Crippen LogP) is 3.29. The van der Waals surface area contributed by atoms with Crippen molar-refractivity contribution in [3.05, 3.63) is 47.0 Å². The quantitative estimate of drug-likeness (QED) is 0.938. The number of aliphatic hydroxyl groups excluding tert-OH is 1. The predicted molar refractivity (Wildman–Crippen MR) is 82.1 cm³/mol. The molecule has 0 radical (unpaired) electrons. The molecule has 0 spiro atoms. The lowest BCUT2D eigenvalue weighted by molar-refractivity contribution is 0.175. The summed E-state index contributed by atoms with van der Waals surface area (Å²) < 4.78 is 2.08. The van der Waals surface area contributed by atoms with Crippen molar-refractivity contribution in [1.29, 1.82) is 0 Å². The van der Waals surface area contributed by atoms with Crippen LogP contribution in [0.4, 0.5) is 0 Å². The highest BCUT2D eigenvalue weighted by Crippen LogP contribution is 2.29. The van der Waals surface area contributed by atoms with E-state index in [9.17, 15) is 5.11 Å². The van der Waals surface area contributed by atoms with Gasteiger partial charge in [-0.2, -0.15) is 5.10 Å². The number of rotatable bonds is 4. The normalized spacial score (nSPS) is 17.3. The summed E-state index contributed by atoms with van der Waals surface area (Å²) in [6.45, 7) is 3.91. The summed E-state index contributed by atoms with van der Waals surface area (Å²) in [5.74, 6) is 0. The fraction of sp³-hybridized carbons (Fsp3) is 0.529. The average molecular weight is 285 g/mol. The average Bonchev–Trinajstić information content (AvgIpc) is 3.08. The molecule has 1 saturated carbocycles. The molecule has 0 amide bonds. The zero-order chi connectivity index (χ0) is 14.8. The fourth-order valence-electron chi connectivity index (χ4n) is 3.22. The molecule has 1 atom stereocenters. The van der Waals surface area contributed by atoms with Crippen molar-refractivity contribution < 1.29 is 5.11 Å². The fourth-order valence-corrected chi connectivity index (χ4v) is 3.22. The van der Waals surface area contributed by atoms with Crippen LogP contribution in [-0.2, 0) is 6.42 Å². The van der Waals surface area contributed by atoms with E-state index < -0.39 is 6.10 Å². The maximum atomic E-state index is 10.4. The molecule has 4 heteroatoms. The van der Waals surface area contributed by atoms with Crippen molar-refractivity contribution in [3.63, 3.8) is 0 Å². The Morgan fingerprint density at radius 1 is 1.24 bits per heavy atom. The van der Waals surface area contributed by atoms with E-state index in [1.54, 1.807) is 0 Å². The van der Waals surface area contributed by atoms with E-state index in [1.165, 1.54) is 25.7 Å². The van der Waals surface area contributed by atoms with Gasteiger partial charge in [0.05, 0.1) is 17.8 Å². The first-order chi connectivity index (χ1) is 10.1. The maximum absolute atomic E-state index is 10.4. The van der Waals surface area contributed by atoms with Crippen LogP contribution in [0.25, 0.3) is 0 Å². The first kappa shape index (κ1) is 14.3. The second kappa shape index (κ2) is 5.98. The summed E-state index contributed by atoms with van der Waals surface area (Å²) in [6.07, 6.45) is 7.12. The molecule has 112 valence electrons. The third-order valence-electron chi connectivity index (χ3n) is 4.39. The summed E-state index contributed by atoms with van der Waals surface area (Å²) in [4.78, 5) is 4.42. The van der Waals surface area contributed by atoms with Crippen LogP contribution < -0.4 is 0 Å². The number of aryl methyl sites for hydroxylation is 2. The minimum atomic E-state index is -0.537. The number of hydrogen-bond donors (Lipinski definition) is 1. The van der Waals surface area contributed by atoms with Crippen LogP contribution >= 0.6 is 0 Å². The van der Waals surface area contributed by atoms with Crippen molar-refractivity contribution in [2.24, 2.45) is 0 Å². The Morgan fingerprint density at radius 3 is 2.71 bits per heavy atom. The van der Waals surface area contributed by atoms with E-state index in [0.29, 0.717) is 12.5 Å². The molecule has 1 aliphatic rings. The van der Waals surface area contributed by atoms with Gasteiger partial charge in [-0.1, -0.05) is 18.9 Å². The number of nitrogens with zero attached hydrogens (tertiary/aromatic N) is 3. The molecule has 1 N–H and O–H groups in total. The van der Waals surface area contributed by atoms with Crippen molar-refractivity contribution in [1.82, 2.24) is 14.8 Å². The van der Waals surface area contributed by atoms with E-state index in [-0.39, 0.29) is 0 Å². The summed E-state index contributed by atoms with van der Waals surface area (Å²) in [5.41, 5.74) is 3.73. The van der Waals surface area contributed by atoms with Gasteiger partial charge < -0.3 is 5.11 Å². The Hall–Kier alpha value is -1.68. The topological polar surface area (TPSA) is 50.9 Å². The molecule has 4 nitrogen and oxygen atoms in total. The Morgan fingerprint density at radius 2 is 2.00 bits per heavy atom.